The molecule has 2 rings (SSSR count). The van der Waals surface area contributed by atoms with E-state index in [9.17, 15) is 0 Å². The second kappa shape index (κ2) is 4.24. The zero-order chi connectivity index (χ0) is 10.7. The van der Waals surface area contributed by atoms with Crippen molar-refractivity contribution < 1.29 is 0 Å². The van der Waals surface area contributed by atoms with Crippen molar-refractivity contribution in [3.63, 3.8) is 0 Å². The lowest BCUT2D eigenvalue weighted by Gasteiger charge is -2.12. The Morgan fingerprint density at radius 3 is 2.47 bits per heavy atom. The molecule has 2 nitrogen and oxygen atoms in total. The molecule has 0 saturated heterocycles. The van der Waals surface area contributed by atoms with E-state index in [-0.39, 0.29) is 6.04 Å². The second-order valence-corrected chi connectivity index (χ2v) is 3.68. The summed E-state index contributed by atoms with van der Waals surface area (Å²) in [5.41, 5.74) is 9.46. The molecule has 0 fully saturated rings. The molecule has 0 saturated carbocycles. The number of pyridine rings is 1. The zero-order valence-corrected chi connectivity index (χ0v) is 8.72. The molecule has 0 aliphatic carbocycles. The average molecular weight is 198 g/mol. The van der Waals surface area contributed by atoms with Crippen LogP contribution in [-0.2, 0) is 0 Å². The van der Waals surface area contributed by atoms with Crippen LogP contribution in [0.3, 0.4) is 0 Å². The molecule has 2 heteroatoms. The van der Waals surface area contributed by atoms with Gasteiger partial charge in [-0.3, -0.25) is 4.98 Å². The van der Waals surface area contributed by atoms with Crippen molar-refractivity contribution in [1.82, 2.24) is 4.98 Å². The van der Waals surface area contributed by atoms with Gasteiger partial charge in [-0.1, -0.05) is 36.4 Å². The van der Waals surface area contributed by atoms with Crippen LogP contribution in [0.2, 0.25) is 0 Å². The molecule has 2 N–H and O–H groups in total. The van der Waals surface area contributed by atoms with Gasteiger partial charge in [-0.2, -0.15) is 0 Å². The summed E-state index contributed by atoms with van der Waals surface area (Å²) in [4.78, 5) is 4.15. The topological polar surface area (TPSA) is 38.9 Å². The highest BCUT2D eigenvalue weighted by atomic mass is 14.7. The number of benzene rings is 1. The number of nitrogens with two attached hydrogens (primary N) is 1. The number of hydrogen-bond donors (Lipinski definition) is 1. The Morgan fingerprint density at radius 2 is 1.80 bits per heavy atom. The van der Waals surface area contributed by atoms with E-state index in [1.165, 1.54) is 0 Å². The summed E-state index contributed by atoms with van der Waals surface area (Å²) < 4.78 is 0. The SMILES string of the molecule is Cc1cncc(C(N)c2ccccc2)c1. The fourth-order valence-electron chi connectivity index (χ4n) is 1.60. The third-order valence-corrected chi connectivity index (χ3v) is 2.41. The fourth-order valence-corrected chi connectivity index (χ4v) is 1.60. The lowest BCUT2D eigenvalue weighted by Crippen LogP contribution is -2.12. The van der Waals surface area contributed by atoms with Crippen molar-refractivity contribution in [2.75, 3.05) is 0 Å². The van der Waals surface area contributed by atoms with E-state index in [2.05, 4.69) is 11.1 Å². The molecule has 1 heterocycles. The van der Waals surface area contributed by atoms with Gasteiger partial charge in [-0.15, -0.1) is 0 Å². The maximum atomic E-state index is 6.15. The van der Waals surface area contributed by atoms with Gasteiger partial charge < -0.3 is 5.73 Å². The normalized spacial score (nSPS) is 12.4. The summed E-state index contributed by atoms with van der Waals surface area (Å²) in [5, 5.41) is 0. The van der Waals surface area contributed by atoms with Crippen LogP contribution in [0, 0.1) is 6.92 Å². The van der Waals surface area contributed by atoms with Gasteiger partial charge in [-0.25, -0.2) is 0 Å². The van der Waals surface area contributed by atoms with Crippen molar-refractivity contribution in [3.05, 3.63) is 65.5 Å². The first-order chi connectivity index (χ1) is 7.27. The molecule has 76 valence electrons. The minimum Gasteiger partial charge on any atom is -0.320 e. The maximum absolute atomic E-state index is 6.15. The summed E-state index contributed by atoms with van der Waals surface area (Å²) in [6.07, 6.45) is 3.66. The second-order valence-electron chi connectivity index (χ2n) is 3.68. The van der Waals surface area contributed by atoms with Gasteiger partial charge in [0.25, 0.3) is 0 Å². The molecule has 0 aliphatic heterocycles. The van der Waals surface area contributed by atoms with Gasteiger partial charge in [0.2, 0.25) is 0 Å². The third kappa shape index (κ3) is 2.22. The molecule has 1 aromatic heterocycles. The molecule has 1 atom stereocenters. The van der Waals surface area contributed by atoms with E-state index >= 15 is 0 Å². The maximum Gasteiger partial charge on any atom is 0.0567 e. The van der Waals surface area contributed by atoms with Gasteiger partial charge in [0, 0.05) is 12.4 Å². The Morgan fingerprint density at radius 1 is 1.07 bits per heavy atom. The van der Waals surface area contributed by atoms with E-state index < -0.39 is 0 Å². The van der Waals surface area contributed by atoms with Crippen LogP contribution in [0.5, 0.6) is 0 Å². The van der Waals surface area contributed by atoms with Gasteiger partial charge in [0.15, 0.2) is 0 Å². The average Bonchev–Trinajstić information content (AvgIpc) is 2.29. The number of aryl methyl sites for hydroxylation is 1. The molecule has 0 radical (unpaired) electrons. The first-order valence-corrected chi connectivity index (χ1v) is 4.99. The van der Waals surface area contributed by atoms with E-state index in [1.807, 2.05) is 49.6 Å². The number of nitrogens with zero attached hydrogens (tertiary/aromatic N) is 1. The van der Waals surface area contributed by atoms with Gasteiger partial charge in [0.1, 0.15) is 0 Å². The van der Waals surface area contributed by atoms with Crippen molar-refractivity contribution in [3.8, 4) is 0 Å². The Bertz CT molecular complexity index is 437. The Kier molecular flexibility index (Phi) is 2.79. The number of aromatic nitrogens is 1. The monoisotopic (exact) mass is 198 g/mol. The molecular weight excluding hydrogens is 184 g/mol. The van der Waals surface area contributed by atoms with E-state index in [1.54, 1.807) is 0 Å². The van der Waals surface area contributed by atoms with Gasteiger partial charge in [-0.05, 0) is 23.6 Å². The van der Waals surface area contributed by atoms with E-state index in [4.69, 9.17) is 5.73 Å². The quantitative estimate of drug-likeness (QED) is 0.805. The van der Waals surface area contributed by atoms with Gasteiger partial charge in [0.05, 0.1) is 6.04 Å². The minimum absolute atomic E-state index is 0.0846. The molecule has 0 amide bonds. The largest absolute Gasteiger partial charge is 0.320 e. The predicted molar refractivity (Wildman–Crippen MR) is 61.4 cm³/mol. The minimum atomic E-state index is -0.0846. The first-order valence-electron chi connectivity index (χ1n) is 4.99. The predicted octanol–water partition coefficient (Wildman–Crippen LogP) is 2.44. The van der Waals surface area contributed by atoms with Crippen molar-refractivity contribution in [1.29, 1.82) is 0 Å². The van der Waals surface area contributed by atoms with Crippen molar-refractivity contribution >= 4 is 0 Å². The number of rotatable bonds is 2. The van der Waals surface area contributed by atoms with Crippen LogP contribution < -0.4 is 5.73 Å². The van der Waals surface area contributed by atoms with E-state index in [0.29, 0.717) is 0 Å². The van der Waals surface area contributed by atoms with Crippen LogP contribution in [0.25, 0.3) is 0 Å². The Balaban J connectivity index is 2.32. The number of hydrogen-bond acceptors (Lipinski definition) is 2. The molecule has 0 spiro atoms. The standard InChI is InChI=1S/C13H14N2/c1-10-7-12(9-15-8-10)13(14)11-5-3-2-4-6-11/h2-9,13H,14H2,1H3. The summed E-state index contributed by atoms with van der Waals surface area (Å²) in [5.74, 6) is 0. The van der Waals surface area contributed by atoms with E-state index in [0.717, 1.165) is 16.7 Å². The molecule has 0 bridgehead atoms. The Hall–Kier alpha value is -1.67. The highest BCUT2D eigenvalue weighted by Gasteiger charge is 2.08. The smallest absolute Gasteiger partial charge is 0.0567 e. The lowest BCUT2D eigenvalue weighted by atomic mass is 10.0. The lowest BCUT2D eigenvalue weighted by molar-refractivity contribution is 0.860. The highest BCUT2D eigenvalue weighted by Crippen LogP contribution is 2.18. The van der Waals surface area contributed by atoms with Crippen LogP contribution in [-0.4, -0.2) is 4.98 Å². The molecule has 15 heavy (non-hydrogen) atoms. The summed E-state index contributed by atoms with van der Waals surface area (Å²) in [6, 6.07) is 12.0. The Labute approximate surface area is 89.8 Å². The van der Waals surface area contributed by atoms with Crippen LogP contribution >= 0.6 is 0 Å². The van der Waals surface area contributed by atoms with Crippen LogP contribution in [0.15, 0.2) is 48.8 Å². The molecule has 1 aromatic carbocycles. The zero-order valence-electron chi connectivity index (χ0n) is 8.72. The summed E-state index contributed by atoms with van der Waals surface area (Å²) in [7, 11) is 0. The van der Waals surface area contributed by atoms with Gasteiger partial charge >= 0.3 is 0 Å². The van der Waals surface area contributed by atoms with Crippen molar-refractivity contribution in [2.45, 2.75) is 13.0 Å². The van der Waals surface area contributed by atoms with Crippen LogP contribution in [0.4, 0.5) is 0 Å². The summed E-state index contributed by atoms with van der Waals surface area (Å²) >= 11 is 0. The molecular formula is C13H14N2. The highest BCUT2D eigenvalue weighted by molar-refractivity contribution is 5.30. The molecule has 2 aromatic rings. The third-order valence-electron chi connectivity index (χ3n) is 2.41. The summed E-state index contributed by atoms with van der Waals surface area (Å²) in [6.45, 7) is 2.02. The van der Waals surface area contributed by atoms with Crippen molar-refractivity contribution in [2.24, 2.45) is 5.73 Å². The molecule has 0 aliphatic rings. The molecule has 1 unspecified atom stereocenters. The fraction of sp³-hybridized carbons (Fsp3) is 0.154. The first kappa shape index (κ1) is 9.87. The van der Waals surface area contributed by atoms with Crippen LogP contribution in [0.1, 0.15) is 22.7 Å².